The van der Waals surface area contributed by atoms with Crippen molar-refractivity contribution < 1.29 is 0 Å². The summed E-state index contributed by atoms with van der Waals surface area (Å²) < 4.78 is 0. The van der Waals surface area contributed by atoms with E-state index in [2.05, 4.69) is 91.4 Å². The summed E-state index contributed by atoms with van der Waals surface area (Å²) in [5, 5.41) is 0. The van der Waals surface area contributed by atoms with Gasteiger partial charge in [-0.2, -0.15) is 0 Å². The molecule has 0 amide bonds. The summed E-state index contributed by atoms with van der Waals surface area (Å²) in [5.41, 5.74) is 5.32. The van der Waals surface area contributed by atoms with Crippen molar-refractivity contribution >= 4 is 23.0 Å². The zero-order valence-electron chi connectivity index (χ0n) is 20.8. The van der Waals surface area contributed by atoms with E-state index >= 15 is 0 Å². The molecular formula is C30H36N4. The zero-order valence-corrected chi connectivity index (χ0v) is 20.8. The second kappa shape index (κ2) is 8.11. The fourth-order valence-corrected chi connectivity index (χ4v) is 6.81. The van der Waals surface area contributed by atoms with E-state index in [9.17, 15) is 0 Å². The lowest BCUT2D eigenvalue weighted by Crippen LogP contribution is -2.55. The Morgan fingerprint density at radius 2 is 1.56 bits per heavy atom. The standard InChI is InChI=1S/C30H36N4/c1-4-30(5-2)20-22-14-10-11-17-24(22)34-26-27(33(28(30)34)23-15-8-6-9-16-23)32-25(21-31-26)29(3)18-12-7-13-19-29/h6,8-11,14-17,21,28H,4-5,7,12-13,18-20H2,1-3H3. The second-order valence-electron chi connectivity index (χ2n) is 10.8. The Labute approximate surface area is 204 Å². The second-order valence-corrected chi connectivity index (χ2v) is 10.8. The fourth-order valence-electron chi connectivity index (χ4n) is 6.81. The average Bonchev–Trinajstić information content (AvgIpc) is 3.24. The highest BCUT2D eigenvalue weighted by Gasteiger charge is 2.54. The normalized spacial score (nSPS) is 22.1. The molecule has 1 aromatic heterocycles. The van der Waals surface area contributed by atoms with Crippen molar-refractivity contribution in [3.05, 3.63) is 72.1 Å². The Hall–Kier alpha value is -2.88. The Balaban J connectivity index is 1.59. The van der Waals surface area contributed by atoms with Crippen molar-refractivity contribution in [1.29, 1.82) is 0 Å². The van der Waals surface area contributed by atoms with Gasteiger partial charge in [0.1, 0.15) is 6.17 Å². The first kappa shape index (κ1) is 21.6. The number of aromatic nitrogens is 2. The van der Waals surface area contributed by atoms with Crippen molar-refractivity contribution in [2.45, 2.75) is 83.7 Å². The first-order chi connectivity index (χ1) is 16.6. The smallest absolute Gasteiger partial charge is 0.178 e. The molecule has 176 valence electrons. The molecule has 6 rings (SSSR count). The van der Waals surface area contributed by atoms with Gasteiger partial charge in [-0.15, -0.1) is 0 Å². The molecule has 0 bridgehead atoms. The van der Waals surface area contributed by atoms with Crippen LogP contribution in [0.5, 0.6) is 0 Å². The summed E-state index contributed by atoms with van der Waals surface area (Å²) in [6.45, 7) is 7.11. The predicted molar refractivity (Wildman–Crippen MR) is 140 cm³/mol. The van der Waals surface area contributed by atoms with Gasteiger partial charge >= 0.3 is 0 Å². The molecule has 0 radical (unpaired) electrons. The van der Waals surface area contributed by atoms with Gasteiger partial charge in [-0.3, -0.25) is 0 Å². The van der Waals surface area contributed by atoms with Crippen LogP contribution in [0.15, 0.2) is 60.8 Å². The predicted octanol–water partition coefficient (Wildman–Crippen LogP) is 7.68. The molecule has 1 saturated carbocycles. The summed E-state index contributed by atoms with van der Waals surface area (Å²) in [7, 11) is 0. The van der Waals surface area contributed by atoms with Gasteiger partial charge in [0.2, 0.25) is 0 Å². The lowest BCUT2D eigenvalue weighted by molar-refractivity contribution is 0.197. The van der Waals surface area contributed by atoms with Crippen LogP contribution in [0.3, 0.4) is 0 Å². The number of nitrogens with zero attached hydrogens (tertiary/aromatic N) is 4. The molecule has 4 heteroatoms. The van der Waals surface area contributed by atoms with Gasteiger partial charge in [-0.25, -0.2) is 9.97 Å². The minimum atomic E-state index is 0.113. The van der Waals surface area contributed by atoms with Crippen LogP contribution >= 0.6 is 0 Å². The van der Waals surface area contributed by atoms with Crippen LogP contribution in [0.25, 0.3) is 0 Å². The third-order valence-corrected chi connectivity index (χ3v) is 9.04. The molecule has 0 spiro atoms. The maximum atomic E-state index is 5.46. The van der Waals surface area contributed by atoms with Gasteiger partial charge in [-0.1, -0.05) is 76.4 Å². The molecule has 4 nitrogen and oxygen atoms in total. The summed E-state index contributed by atoms with van der Waals surface area (Å²) in [6.07, 6.45) is 11.9. The summed E-state index contributed by atoms with van der Waals surface area (Å²) in [5.74, 6) is 2.04. The number of benzene rings is 2. The van der Waals surface area contributed by atoms with Crippen LogP contribution in [-0.4, -0.2) is 16.1 Å². The fraction of sp³-hybridized carbons (Fsp3) is 0.467. The molecule has 3 aliphatic rings. The first-order valence-corrected chi connectivity index (χ1v) is 13.2. The van der Waals surface area contributed by atoms with Crippen molar-refractivity contribution in [2.24, 2.45) is 5.41 Å². The number of anilines is 4. The van der Waals surface area contributed by atoms with Gasteiger partial charge in [-0.05, 0) is 55.9 Å². The molecule has 2 aliphatic heterocycles. The molecule has 2 aromatic carbocycles. The Morgan fingerprint density at radius 1 is 0.853 bits per heavy atom. The van der Waals surface area contributed by atoms with Gasteiger partial charge in [0.25, 0.3) is 0 Å². The van der Waals surface area contributed by atoms with Crippen molar-refractivity contribution in [3.63, 3.8) is 0 Å². The monoisotopic (exact) mass is 452 g/mol. The highest BCUT2D eigenvalue weighted by atomic mass is 15.5. The van der Waals surface area contributed by atoms with Crippen LogP contribution in [0.1, 0.15) is 77.0 Å². The highest BCUT2D eigenvalue weighted by Crippen LogP contribution is 2.57. The highest BCUT2D eigenvalue weighted by molar-refractivity contribution is 5.86. The van der Waals surface area contributed by atoms with Gasteiger partial charge in [0.15, 0.2) is 11.6 Å². The van der Waals surface area contributed by atoms with E-state index in [0.29, 0.717) is 0 Å². The molecule has 1 fully saturated rings. The molecule has 1 aliphatic carbocycles. The van der Waals surface area contributed by atoms with E-state index < -0.39 is 0 Å². The van der Waals surface area contributed by atoms with Crippen LogP contribution in [0.2, 0.25) is 0 Å². The van der Waals surface area contributed by atoms with Crippen LogP contribution in [0.4, 0.5) is 23.0 Å². The molecule has 0 saturated heterocycles. The Kier molecular flexibility index (Phi) is 5.16. The lowest BCUT2D eigenvalue weighted by Gasteiger charge is -2.50. The number of para-hydroxylation sites is 2. The lowest BCUT2D eigenvalue weighted by atomic mass is 9.70. The van der Waals surface area contributed by atoms with Gasteiger partial charge in [0, 0.05) is 22.2 Å². The maximum Gasteiger partial charge on any atom is 0.178 e. The topological polar surface area (TPSA) is 32.3 Å². The minimum Gasteiger partial charge on any atom is -0.301 e. The van der Waals surface area contributed by atoms with Crippen LogP contribution in [-0.2, 0) is 11.8 Å². The van der Waals surface area contributed by atoms with Crippen LogP contribution in [0, 0.1) is 5.41 Å². The first-order valence-electron chi connectivity index (χ1n) is 13.2. The number of hydrogen-bond donors (Lipinski definition) is 0. The zero-order chi connectivity index (χ0) is 23.3. The third kappa shape index (κ3) is 3.10. The largest absolute Gasteiger partial charge is 0.301 e. The molecule has 34 heavy (non-hydrogen) atoms. The third-order valence-electron chi connectivity index (χ3n) is 9.04. The van der Waals surface area contributed by atoms with E-state index in [1.807, 2.05) is 0 Å². The molecule has 0 N–H and O–H groups in total. The SMILES string of the molecule is CCC1(CC)Cc2ccccc2N2c3ncc(C4(C)CCCCC4)nc3N(c3ccccc3)C21. The van der Waals surface area contributed by atoms with E-state index in [4.69, 9.17) is 9.97 Å². The number of hydrogen-bond acceptors (Lipinski definition) is 4. The van der Waals surface area contributed by atoms with Gasteiger partial charge in [0.05, 0.1) is 11.9 Å². The Morgan fingerprint density at radius 3 is 2.29 bits per heavy atom. The summed E-state index contributed by atoms with van der Waals surface area (Å²) in [4.78, 5) is 15.7. The minimum absolute atomic E-state index is 0.113. The summed E-state index contributed by atoms with van der Waals surface area (Å²) in [6, 6.07) is 19.8. The van der Waals surface area contributed by atoms with Crippen molar-refractivity contribution in [3.8, 4) is 0 Å². The number of rotatable bonds is 4. The quantitative estimate of drug-likeness (QED) is 0.406. The van der Waals surface area contributed by atoms with Crippen molar-refractivity contribution in [2.75, 3.05) is 9.80 Å². The Bertz CT molecular complexity index is 1180. The van der Waals surface area contributed by atoms with Crippen LogP contribution < -0.4 is 9.80 Å². The van der Waals surface area contributed by atoms with Crippen molar-refractivity contribution in [1.82, 2.24) is 9.97 Å². The molecular weight excluding hydrogens is 416 g/mol. The van der Waals surface area contributed by atoms with E-state index in [1.54, 1.807) is 0 Å². The van der Waals surface area contributed by atoms with E-state index in [1.165, 1.54) is 54.7 Å². The number of fused-ring (bicyclic) bond motifs is 5. The molecule has 3 heterocycles. The summed E-state index contributed by atoms with van der Waals surface area (Å²) >= 11 is 0. The molecule has 1 unspecified atom stereocenters. The average molecular weight is 453 g/mol. The molecule has 3 aromatic rings. The van der Waals surface area contributed by atoms with E-state index in [-0.39, 0.29) is 17.0 Å². The van der Waals surface area contributed by atoms with Gasteiger partial charge < -0.3 is 9.80 Å². The molecule has 1 atom stereocenters. The van der Waals surface area contributed by atoms with E-state index in [0.717, 1.165) is 30.9 Å². The maximum absolute atomic E-state index is 5.46.